The first-order valence-corrected chi connectivity index (χ1v) is 8.39. The first-order valence-electron chi connectivity index (χ1n) is 6.91. The van der Waals surface area contributed by atoms with Crippen LogP contribution in [0.3, 0.4) is 0 Å². The molecule has 0 spiro atoms. The van der Waals surface area contributed by atoms with Crippen LogP contribution in [0.15, 0.2) is 17.0 Å². The Morgan fingerprint density at radius 1 is 1.50 bits per heavy atom. The van der Waals surface area contributed by atoms with E-state index in [0.29, 0.717) is 25.0 Å². The molecular formula is C13H17FN2O7S. The average Bonchev–Trinajstić information content (AvgIpc) is 2.50. The van der Waals surface area contributed by atoms with Crippen molar-refractivity contribution in [2.24, 2.45) is 0 Å². The van der Waals surface area contributed by atoms with Crippen LogP contribution in [0.25, 0.3) is 0 Å². The van der Waals surface area contributed by atoms with E-state index in [4.69, 9.17) is 5.11 Å². The molecular weight excluding hydrogens is 347 g/mol. The summed E-state index contributed by atoms with van der Waals surface area (Å²) in [6.07, 6.45) is 1.14. The van der Waals surface area contributed by atoms with Crippen molar-refractivity contribution in [2.45, 2.75) is 37.1 Å². The molecule has 134 valence electrons. The second-order valence-electron chi connectivity index (χ2n) is 4.87. The van der Waals surface area contributed by atoms with Gasteiger partial charge in [-0.2, -0.15) is 4.72 Å². The Kier molecular flexibility index (Phi) is 6.60. The van der Waals surface area contributed by atoms with E-state index in [1.54, 1.807) is 6.92 Å². The van der Waals surface area contributed by atoms with Crippen LogP contribution in [0.4, 0.5) is 10.1 Å². The monoisotopic (exact) mass is 364 g/mol. The summed E-state index contributed by atoms with van der Waals surface area (Å²) in [7, 11) is -3.47. The van der Waals surface area contributed by atoms with Gasteiger partial charge in [0.1, 0.15) is 6.04 Å². The Bertz CT molecular complexity index is 736. The molecule has 0 fully saturated rings. The molecule has 9 nitrogen and oxygen atoms in total. The summed E-state index contributed by atoms with van der Waals surface area (Å²) in [5, 5.41) is 20.0. The number of unbranched alkanes of at least 4 members (excludes halogenated alkanes) is 1. The Labute approximate surface area is 137 Å². The van der Waals surface area contributed by atoms with Crippen LogP contribution in [0, 0.1) is 15.9 Å². The summed E-state index contributed by atoms with van der Waals surface area (Å²) in [6, 6.07) is -0.269. The highest BCUT2D eigenvalue weighted by Crippen LogP contribution is 2.32. The molecule has 0 aliphatic heterocycles. The molecule has 1 aromatic carbocycles. The molecule has 11 heteroatoms. The topological polar surface area (TPSA) is 136 Å². The zero-order valence-corrected chi connectivity index (χ0v) is 13.8. The molecule has 0 saturated heterocycles. The van der Waals surface area contributed by atoms with E-state index in [1.807, 2.05) is 4.72 Å². The van der Waals surface area contributed by atoms with Crippen molar-refractivity contribution in [1.82, 2.24) is 4.72 Å². The number of carbonyl (C=O) groups is 1. The summed E-state index contributed by atoms with van der Waals surface area (Å²) in [4.78, 5) is 20.3. The second-order valence-corrected chi connectivity index (χ2v) is 6.58. The summed E-state index contributed by atoms with van der Waals surface area (Å²) in [5.74, 6) is -3.34. The van der Waals surface area contributed by atoms with Crippen LogP contribution in [0.2, 0.25) is 0 Å². The minimum absolute atomic E-state index is 0.0335. The zero-order valence-electron chi connectivity index (χ0n) is 13.0. The van der Waals surface area contributed by atoms with Crippen LogP contribution in [-0.4, -0.2) is 37.6 Å². The number of hydrogen-bond acceptors (Lipinski definition) is 6. The van der Waals surface area contributed by atoms with Crippen molar-refractivity contribution in [3.63, 3.8) is 0 Å². The molecule has 1 aromatic rings. The fourth-order valence-corrected chi connectivity index (χ4v) is 3.20. The molecule has 0 aliphatic rings. The first-order chi connectivity index (χ1) is 11.1. The number of aliphatic carboxylic acids is 1. The van der Waals surface area contributed by atoms with Crippen molar-refractivity contribution in [2.75, 3.05) is 7.11 Å². The lowest BCUT2D eigenvalue weighted by molar-refractivity contribution is -0.386. The highest BCUT2D eigenvalue weighted by molar-refractivity contribution is 7.89. The number of sulfonamides is 1. The second kappa shape index (κ2) is 8.02. The van der Waals surface area contributed by atoms with Gasteiger partial charge in [-0.25, -0.2) is 12.8 Å². The fourth-order valence-electron chi connectivity index (χ4n) is 1.94. The maximum absolute atomic E-state index is 13.9. The molecule has 1 unspecified atom stereocenters. The molecule has 0 radical (unpaired) electrons. The quantitative estimate of drug-likeness (QED) is 0.502. The third-order valence-electron chi connectivity index (χ3n) is 3.15. The lowest BCUT2D eigenvalue weighted by Crippen LogP contribution is -2.40. The van der Waals surface area contributed by atoms with Crippen LogP contribution in [0.5, 0.6) is 5.75 Å². The third kappa shape index (κ3) is 4.61. The molecule has 24 heavy (non-hydrogen) atoms. The minimum atomic E-state index is -4.47. The number of nitrogens with one attached hydrogen (secondary N) is 1. The predicted octanol–water partition coefficient (Wildman–Crippen LogP) is 1.66. The Morgan fingerprint density at radius 3 is 2.58 bits per heavy atom. The molecule has 0 aromatic heterocycles. The van der Waals surface area contributed by atoms with E-state index in [9.17, 15) is 27.7 Å². The minimum Gasteiger partial charge on any atom is -0.488 e. The average molecular weight is 364 g/mol. The van der Waals surface area contributed by atoms with Crippen molar-refractivity contribution >= 4 is 21.7 Å². The normalized spacial score (nSPS) is 12.6. The maximum atomic E-state index is 13.9. The van der Waals surface area contributed by atoms with Gasteiger partial charge in [0.05, 0.1) is 16.9 Å². The third-order valence-corrected chi connectivity index (χ3v) is 4.60. The Balaban J connectivity index is 3.27. The highest BCUT2D eigenvalue weighted by atomic mass is 32.2. The predicted molar refractivity (Wildman–Crippen MR) is 80.9 cm³/mol. The lowest BCUT2D eigenvalue weighted by Gasteiger charge is -2.15. The van der Waals surface area contributed by atoms with E-state index in [1.165, 1.54) is 0 Å². The summed E-state index contributed by atoms with van der Waals surface area (Å²) in [5.41, 5.74) is -0.877. The van der Waals surface area contributed by atoms with Gasteiger partial charge in [0, 0.05) is 6.07 Å². The number of methoxy groups -OCH3 is 1. The van der Waals surface area contributed by atoms with Crippen molar-refractivity contribution in [3.8, 4) is 5.75 Å². The molecule has 0 aliphatic carbocycles. The van der Waals surface area contributed by atoms with E-state index < -0.39 is 49.1 Å². The molecule has 1 rings (SSSR count). The number of nitro benzene ring substituents is 1. The molecule has 0 amide bonds. The largest absolute Gasteiger partial charge is 0.488 e. The van der Waals surface area contributed by atoms with Crippen molar-refractivity contribution < 1.29 is 32.4 Å². The van der Waals surface area contributed by atoms with Gasteiger partial charge in [-0.15, -0.1) is 0 Å². The number of carboxylic acids is 1. The summed E-state index contributed by atoms with van der Waals surface area (Å²) < 4.78 is 44.8. The molecule has 0 heterocycles. The van der Waals surface area contributed by atoms with Gasteiger partial charge in [0.2, 0.25) is 15.8 Å². The number of benzene rings is 1. The van der Waals surface area contributed by atoms with E-state index in [2.05, 4.69) is 4.74 Å². The maximum Gasteiger partial charge on any atom is 0.321 e. The standard InChI is InChI=1S/C13H17FN2O7S/c1-3-4-5-10(13(17)18)15-24(21,22)8-6-9(14)12(23-2)11(7-8)16(19)20/h6-7,10,15H,3-5H2,1-2H3,(H,17,18). The summed E-state index contributed by atoms with van der Waals surface area (Å²) in [6.45, 7) is 1.80. The van der Waals surface area contributed by atoms with Gasteiger partial charge in [-0.1, -0.05) is 19.8 Å². The van der Waals surface area contributed by atoms with E-state index >= 15 is 0 Å². The van der Waals surface area contributed by atoms with Crippen LogP contribution in [-0.2, 0) is 14.8 Å². The van der Waals surface area contributed by atoms with Crippen LogP contribution < -0.4 is 9.46 Å². The Morgan fingerprint density at radius 2 is 2.12 bits per heavy atom. The number of carboxylic acid groups (broad SMARTS) is 1. The molecule has 1 atom stereocenters. The number of rotatable bonds is 9. The number of halogens is 1. The van der Waals surface area contributed by atoms with Gasteiger partial charge in [-0.3, -0.25) is 14.9 Å². The van der Waals surface area contributed by atoms with Gasteiger partial charge in [0.25, 0.3) is 0 Å². The molecule has 0 saturated carbocycles. The fraction of sp³-hybridized carbons (Fsp3) is 0.462. The van der Waals surface area contributed by atoms with Crippen molar-refractivity contribution in [1.29, 1.82) is 0 Å². The summed E-state index contributed by atoms with van der Waals surface area (Å²) >= 11 is 0. The number of nitro groups is 1. The smallest absolute Gasteiger partial charge is 0.321 e. The number of ether oxygens (including phenoxy) is 1. The van der Waals surface area contributed by atoms with Crippen LogP contribution >= 0.6 is 0 Å². The van der Waals surface area contributed by atoms with Crippen LogP contribution in [0.1, 0.15) is 26.2 Å². The molecule has 0 bridgehead atoms. The van der Waals surface area contributed by atoms with Crippen molar-refractivity contribution in [3.05, 3.63) is 28.1 Å². The van der Waals surface area contributed by atoms with Gasteiger partial charge in [-0.05, 0) is 12.5 Å². The first kappa shape index (κ1) is 19.8. The van der Waals surface area contributed by atoms with Gasteiger partial charge in [0.15, 0.2) is 5.82 Å². The lowest BCUT2D eigenvalue weighted by atomic mass is 10.1. The van der Waals surface area contributed by atoms with E-state index in [0.717, 1.165) is 7.11 Å². The van der Waals surface area contributed by atoms with Gasteiger partial charge >= 0.3 is 11.7 Å². The molecule has 2 N–H and O–H groups in total. The van der Waals surface area contributed by atoms with E-state index in [-0.39, 0.29) is 6.42 Å². The highest BCUT2D eigenvalue weighted by Gasteiger charge is 2.29. The Hall–Kier alpha value is -2.27. The number of hydrogen-bond donors (Lipinski definition) is 2. The van der Waals surface area contributed by atoms with Gasteiger partial charge < -0.3 is 9.84 Å². The zero-order chi connectivity index (χ0) is 18.5. The number of nitrogens with zero attached hydrogens (tertiary/aromatic N) is 1. The SMILES string of the molecule is CCCCC(NS(=O)(=O)c1cc(F)c(OC)c([N+](=O)[O-])c1)C(=O)O.